The Morgan fingerprint density at radius 3 is 2.90 bits per heavy atom. The maximum Gasteiger partial charge on any atom is 0.229 e. The number of aryl methyl sites for hydroxylation is 1. The molecule has 20 heavy (non-hydrogen) atoms. The van der Waals surface area contributed by atoms with Gasteiger partial charge in [0.15, 0.2) is 0 Å². The molecule has 1 atom stereocenters. The molecule has 5 heteroatoms. The Kier molecular flexibility index (Phi) is 5.17. The Morgan fingerprint density at radius 2 is 2.20 bits per heavy atom. The van der Waals surface area contributed by atoms with Crippen LogP contribution in [-0.2, 0) is 0 Å². The number of hydrogen-bond donors (Lipinski definition) is 1. The first-order valence-electron chi connectivity index (χ1n) is 7.53. The van der Waals surface area contributed by atoms with Crippen LogP contribution in [0.5, 0.6) is 5.88 Å². The maximum absolute atomic E-state index is 5.73. The van der Waals surface area contributed by atoms with Crippen LogP contribution in [0.2, 0.25) is 0 Å². The van der Waals surface area contributed by atoms with Crippen molar-refractivity contribution in [2.24, 2.45) is 0 Å². The van der Waals surface area contributed by atoms with Crippen molar-refractivity contribution in [1.29, 1.82) is 0 Å². The standard InChI is InChI=1S/C15H26N4O/c1-11(2)20-14-9-12(3)17-15(18-14)19-8-6-5-7-13(19)10-16-4/h9,11,13,16H,5-8,10H2,1-4H3. The van der Waals surface area contributed by atoms with E-state index in [0.29, 0.717) is 11.9 Å². The molecule has 2 rings (SSSR count). The van der Waals surface area contributed by atoms with E-state index in [1.807, 2.05) is 33.9 Å². The number of ether oxygens (including phenoxy) is 1. The van der Waals surface area contributed by atoms with Crippen LogP contribution in [0.1, 0.15) is 38.8 Å². The summed E-state index contributed by atoms with van der Waals surface area (Å²) in [7, 11) is 2.00. The molecule has 0 aliphatic carbocycles. The molecule has 1 aromatic rings. The van der Waals surface area contributed by atoms with Crippen molar-refractivity contribution in [2.45, 2.75) is 52.2 Å². The quantitative estimate of drug-likeness (QED) is 0.894. The minimum atomic E-state index is 0.131. The summed E-state index contributed by atoms with van der Waals surface area (Å²) in [5.74, 6) is 1.48. The summed E-state index contributed by atoms with van der Waals surface area (Å²) in [6.07, 6.45) is 3.81. The van der Waals surface area contributed by atoms with Crippen molar-refractivity contribution in [3.05, 3.63) is 11.8 Å². The van der Waals surface area contributed by atoms with Gasteiger partial charge in [0, 0.05) is 30.9 Å². The van der Waals surface area contributed by atoms with Crippen LogP contribution < -0.4 is 15.0 Å². The highest BCUT2D eigenvalue weighted by Crippen LogP contribution is 2.24. The first kappa shape index (κ1) is 15.0. The van der Waals surface area contributed by atoms with Gasteiger partial charge in [0.2, 0.25) is 11.8 Å². The molecule has 0 aromatic carbocycles. The van der Waals surface area contributed by atoms with Crippen LogP contribution in [-0.4, -0.2) is 42.3 Å². The van der Waals surface area contributed by atoms with Crippen molar-refractivity contribution in [3.63, 3.8) is 0 Å². The first-order chi connectivity index (χ1) is 9.60. The Hall–Kier alpha value is -1.36. The third-order valence-electron chi connectivity index (χ3n) is 3.50. The highest BCUT2D eigenvalue weighted by Gasteiger charge is 2.24. The number of aromatic nitrogens is 2. The van der Waals surface area contributed by atoms with Gasteiger partial charge in [-0.3, -0.25) is 0 Å². The molecular formula is C15H26N4O. The van der Waals surface area contributed by atoms with Crippen molar-refractivity contribution < 1.29 is 4.74 Å². The lowest BCUT2D eigenvalue weighted by Gasteiger charge is -2.36. The van der Waals surface area contributed by atoms with Gasteiger partial charge in [-0.1, -0.05) is 0 Å². The van der Waals surface area contributed by atoms with Crippen molar-refractivity contribution in [2.75, 3.05) is 25.0 Å². The number of nitrogens with one attached hydrogen (secondary N) is 1. The molecule has 0 radical (unpaired) electrons. The average molecular weight is 278 g/mol. The van der Waals surface area contributed by atoms with Gasteiger partial charge in [-0.25, -0.2) is 4.98 Å². The zero-order valence-corrected chi connectivity index (χ0v) is 13.0. The van der Waals surface area contributed by atoms with Gasteiger partial charge in [0.1, 0.15) is 0 Å². The molecular weight excluding hydrogens is 252 g/mol. The maximum atomic E-state index is 5.73. The van der Waals surface area contributed by atoms with E-state index in [1.165, 1.54) is 19.3 Å². The Labute approximate surface area is 121 Å². The van der Waals surface area contributed by atoms with E-state index >= 15 is 0 Å². The second-order valence-corrected chi connectivity index (χ2v) is 5.71. The summed E-state index contributed by atoms with van der Waals surface area (Å²) < 4.78 is 5.73. The van der Waals surface area contributed by atoms with E-state index in [0.717, 1.165) is 24.7 Å². The van der Waals surface area contributed by atoms with Gasteiger partial charge in [0.05, 0.1) is 6.10 Å². The van der Waals surface area contributed by atoms with Gasteiger partial charge < -0.3 is 15.0 Å². The highest BCUT2D eigenvalue weighted by molar-refractivity contribution is 5.36. The molecule has 0 saturated carbocycles. The number of nitrogens with zero attached hydrogens (tertiary/aromatic N) is 3. The second-order valence-electron chi connectivity index (χ2n) is 5.71. The first-order valence-corrected chi connectivity index (χ1v) is 7.53. The van der Waals surface area contributed by atoms with E-state index < -0.39 is 0 Å². The molecule has 1 fully saturated rings. The van der Waals surface area contributed by atoms with Gasteiger partial charge >= 0.3 is 0 Å². The SMILES string of the molecule is CNCC1CCCCN1c1nc(C)cc(OC(C)C)n1. The summed E-state index contributed by atoms with van der Waals surface area (Å²) >= 11 is 0. The van der Waals surface area contributed by atoms with E-state index in [4.69, 9.17) is 4.74 Å². The lowest BCUT2D eigenvalue weighted by Crippen LogP contribution is -2.45. The summed E-state index contributed by atoms with van der Waals surface area (Å²) in [5, 5.41) is 3.27. The average Bonchev–Trinajstić information content (AvgIpc) is 2.38. The molecule has 112 valence electrons. The molecule has 1 N–H and O–H groups in total. The number of anilines is 1. The fraction of sp³-hybridized carbons (Fsp3) is 0.733. The van der Waals surface area contributed by atoms with E-state index in [2.05, 4.69) is 20.2 Å². The van der Waals surface area contributed by atoms with Crippen LogP contribution in [0, 0.1) is 6.92 Å². The van der Waals surface area contributed by atoms with Gasteiger partial charge in [-0.2, -0.15) is 4.98 Å². The van der Waals surface area contributed by atoms with E-state index in [-0.39, 0.29) is 6.10 Å². The molecule has 5 nitrogen and oxygen atoms in total. The lowest BCUT2D eigenvalue weighted by atomic mass is 10.0. The van der Waals surface area contributed by atoms with Crippen molar-refractivity contribution >= 4 is 5.95 Å². The van der Waals surface area contributed by atoms with Crippen LogP contribution in [0.3, 0.4) is 0 Å². The number of hydrogen-bond acceptors (Lipinski definition) is 5. The highest BCUT2D eigenvalue weighted by atomic mass is 16.5. The molecule has 1 aliphatic heterocycles. The molecule has 0 amide bonds. The zero-order chi connectivity index (χ0) is 14.5. The van der Waals surface area contributed by atoms with Crippen LogP contribution in [0.25, 0.3) is 0 Å². The molecule has 0 spiro atoms. The fourth-order valence-electron chi connectivity index (χ4n) is 2.67. The lowest BCUT2D eigenvalue weighted by molar-refractivity contribution is 0.232. The minimum Gasteiger partial charge on any atom is -0.475 e. The Bertz CT molecular complexity index is 434. The predicted octanol–water partition coefficient (Wildman–Crippen LogP) is 2.15. The third kappa shape index (κ3) is 3.82. The summed E-state index contributed by atoms with van der Waals surface area (Å²) in [4.78, 5) is 11.5. The normalized spacial score (nSPS) is 19.4. The minimum absolute atomic E-state index is 0.131. The van der Waals surface area contributed by atoms with E-state index in [1.54, 1.807) is 0 Å². The fourth-order valence-corrected chi connectivity index (χ4v) is 2.67. The van der Waals surface area contributed by atoms with Crippen LogP contribution in [0.15, 0.2) is 6.07 Å². The molecule has 1 aliphatic rings. The third-order valence-corrected chi connectivity index (χ3v) is 3.50. The Morgan fingerprint density at radius 1 is 1.40 bits per heavy atom. The second kappa shape index (κ2) is 6.88. The molecule has 0 bridgehead atoms. The van der Waals surface area contributed by atoms with Crippen molar-refractivity contribution in [1.82, 2.24) is 15.3 Å². The molecule has 1 unspecified atom stereocenters. The summed E-state index contributed by atoms with van der Waals surface area (Å²) in [6, 6.07) is 2.38. The monoisotopic (exact) mass is 278 g/mol. The number of piperidine rings is 1. The number of likely N-dealkylation sites (N-methyl/N-ethyl adjacent to an activating group) is 1. The van der Waals surface area contributed by atoms with Crippen LogP contribution >= 0.6 is 0 Å². The van der Waals surface area contributed by atoms with Gasteiger partial charge in [-0.15, -0.1) is 0 Å². The zero-order valence-electron chi connectivity index (χ0n) is 13.0. The largest absolute Gasteiger partial charge is 0.475 e. The molecule has 1 aromatic heterocycles. The Balaban J connectivity index is 2.22. The van der Waals surface area contributed by atoms with Gasteiger partial charge in [-0.05, 0) is 47.1 Å². The number of rotatable bonds is 5. The topological polar surface area (TPSA) is 50.3 Å². The van der Waals surface area contributed by atoms with Crippen LogP contribution in [0.4, 0.5) is 5.95 Å². The molecule has 1 saturated heterocycles. The summed E-state index contributed by atoms with van der Waals surface area (Å²) in [5.41, 5.74) is 0.958. The predicted molar refractivity (Wildman–Crippen MR) is 81.4 cm³/mol. The molecule has 2 heterocycles. The van der Waals surface area contributed by atoms with E-state index in [9.17, 15) is 0 Å². The smallest absolute Gasteiger partial charge is 0.229 e. The summed E-state index contributed by atoms with van der Waals surface area (Å²) in [6.45, 7) is 8.02. The van der Waals surface area contributed by atoms with Gasteiger partial charge in [0.25, 0.3) is 0 Å². The van der Waals surface area contributed by atoms with Crippen molar-refractivity contribution in [3.8, 4) is 5.88 Å².